The summed E-state index contributed by atoms with van der Waals surface area (Å²) in [5, 5.41) is 4.02. The molecule has 1 aromatic rings. The van der Waals surface area contributed by atoms with Crippen LogP contribution in [0.5, 0.6) is 0 Å². The fourth-order valence-electron chi connectivity index (χ4n) is 2.33. The molecule has 18 heavy (non-hydrogen) atoms. The number of primary amides is 1. The molecule has 4 heteroatoms. The fourth-order valence-corrected chi connectivity index (χ4v) is 2.51. The van der Waals surface area contributed by atoms with Gasteiger partial charge in [0.1, 0.15) is 0 Å². The highest BCUT2D eigenvalue weighted by Gasteiger charge is 2.31. The van der Waals surface area contributed by atoms with Crippen LogP contribution in [0.2, 0.25) is 5.02 Å². The van der Waals surface area contributed by atoms with Crippen LogP contribution in [-0.4, -0.2) is 11.9 Å². The highest BCUT2D eigenvalue weighted by Crippen LogP contribution is 2.36. The Morgan fingerprint density at radius 3 is 2.67 bits per heavy atom. The molecule has 0 atom stereocenters. The lowest BCUT2D eigenvalue weighted by Crippen LogP contribution is -2.38. The zero-order valence-corrected chi connectivity index (χ0v) is 11.5. The van der Waals surface area contributed by atoms with Gasteiger partial charge in [0.2, 0.25) is 5.91 Å². The van der Waals surface area contributed by atoms with Crippen molar-refractivity contribution in [1.29, 1.82) is 0 Å². The molecule has 1 aliphatic carbocycles. The molecule has 1 fully saturated rings. The van der Waals surface area contributed by atoms with Crippen LogP contribution in [-0.2, 0) is 0 Å². The van der Waals surface area contributed by atoms with Crippen molar-refractivity contribution in [1.82, 2.24) is 0 Å². The first-order valence-electron chi connectivity index (χ1n) is 6.33. The quantitative estimate of drug-likeness (QED) is 0.879. The smallest absolute Gasteiger partial charge is 0.248 e. The van der Waals surface area contributed by atoms with Gasteiger partial charge in [0, 0.05) is 11.6 Å². The second-order valence-corrected chi connectivity index (χ2v) is 5.78. The van der Waals surface area contributed by atoms with Gasteiger partial charge in [-0.15, -0.1) is 0 Å². The van der Waals surface area contributed by atoms with Crippen molar-refractivity contribution in [3.8, 4) is 0 Å². The molecule has 1 aromatic carbocycles. The maximum Gasteiger partial charge on any atom is 0.248 e. The number of benzene rings is 1. The second kappa shape index (κ2) is 5.19. The molecule has 0 spiro atoms. The summed E-state index contributed by atoms with van der Waals surface area (Å²) < 4.78 is 0. The molecule has 0 bridgehead atoms. The first-order valence-corrected chi connectivity index (χ1v) is 6.71. The van der Waals surface area contributed by atoms with Gasteiger partial charge < -0.3 is 11.1 Å². The van der Waals surface area contributed by atoms with E-state index in [0.29, 0.717) is 16.6 Å². The molecular weight excluding hydrogens is 248 g/mol. The zero-order valence-electron chi connectivity index (χ0n) is 10.7. The van der Waals surface area contributed by atoms with E-state index in [-0.39, 0.29) is 0 Å². The third-order valence-electron chi connectivity index (χ3n) is 3.73. The Bertz CT molecular complexity index is 453. The maximum absolute atomic E-state index is 11.1. The number of carbonyl (C=O) groups is 1. The maximum atomic E-state index is 11.1. The highest BCUT2D eigenvalue weighted by atomic mass is 35.5. The minimum absolute atomic E-state index is 0.427. The number of amides is 1. The minimum Gasteiger partial charge on any atom is -0.381 e. The fraction of sp³-hybridized carbons (Fsp3) is 0.500. The number of halogens is 1. The monoisotopic (exact) mass is 266 g/mol. The van der Waals surface area contributed by atoms with Crippen LogP contribution in [0.15, 0.2) is 18.2 Å². The van der Waals surface area contributed by atoms with Crippen LogP contribution >= 0.6 is 11.6 Å². The topological polar surface area (TPSA) is 55.1 Å². The van der Waals surface area contributed by atoms with Crippen LogP contribution in [0.4, 0.5) is 5.69 Å². The molecule has 98 valence electrons. The SMILES string of the molecule is CC(C)C1CC(Nc2cc(C(N)=O)ccc2Cl)C1. The molecule has 1 amide bonds. The van der Waals surface area contributed by atoms with E-state index >= 15 is 0 Å². The van der Waals surface area contributed by atoms with Gasteiger partial charge in [-0.25, -0.2) is 0 Å². The molecule has 3 N–H and O–H groups in total. The Labute approximate surface area is 113 Å². The molecule has 1 saturated carbocycles. The number of rotatable bonds is 4. The minimum atomic E-state index is -0.427. The lowest BCUT2D eigenvalue weighted by atomic mass is 9.73. The van der Waals surface area contributed by atoms with E-state index in [1.807, 2.05) is 0 Å². The van der Waals surface area contributed by atoms with Crippen LogP contribution in [0.25, 0.3) is 0 Å². The van der Waals surface area contributed by atoms with Crippen molar-refractivity contribution >= 4 is 23.2 Å². The average molecular weight is 267 g/mol. The standard InChI is InChI=1S/C14H19ClN2O/c1-8(2)10-5-11(6-10)17-13-7-9(14(16)18)3-4-12(13)15/h3-4,7-8,10-11,17H,5-6H2,1-2H3,(H2,16,18). The third kappa shape index (κ3) is 2.78. The highest BCUT2D eigenvalue weighted by molar-refractivity contribution is 6.33. The first kappa shape index (κ1) is 13.2. The molecule has 0 aromatic heterocycles. The lowest BCUT2D eigenvalue weighted by Gasteiger charge is -2.39. The van der Waals surface area contributed by atoms with Crippen LogP contribution in [0.3, 0.4) is 0 Å². The Balaban J connectivity index is 2.02. The second-order valence-electron chi connectivity index (χ2n) is 5.38. The van der Waals surface area contributed by atoms with E-state index < -0.39 is 5.91 Å². The summed E-state index contributed by atoms with van der Waals surface area (Å²) in [7, 11) is 0. The summed E-state index contributed by atoms with van der Waals surface area (Å²) in [5.41, 5.74) is 6.56. The molecule has 0 heterocycles. The molecule has 0 unspecified atom stereocenters. The number of anilines is 1. The molecule has 0 saturated heterocycles. The van der Waals surface area contributed by atoms with E-state index in [1.165, 1.54) is 0 Å². The molecule has 3 nitrogen and oxygen atoms in total. The molecule has 1 aliphatic rings. The van der Waals surface area contributed by atoms with Crippen LogP contribution in [0.1, 0.15) is 37.0 Å². The summed E-state index contributed by atoms with van der Waals surface area (Å²) in [6, 6.07) is 5.54. The molecule has 0 aliphatic heterocycles. The van der Waals surface area contributed by atoms with E-state index in [0.717, 1.165) is 30.4 Å². The van der Waals surface area contributed by atoms with Crippen molar-refractivity contribution in [2.24, 2.45) is 17.6 Å². The van der Waals surface area contributed by atoms with Crippen molar-refractivity contribution in [2.75, 3.05) is 5.32 Å². The molecule has 2 rings (SSSR count). The van der Waals surface area contributed by atoms with Gasteiger partial charge in [-0.05, 0) is 42.9 Å². The Hall–Kier alpha value is -1.22. The number of nitrogens with two attached hydrogens (primary N) is 1. The largest absolute Gasteiger partial charge is 0.381 e. The average Bonchev–Trinajstić information content (AvgIpc) is 2.23. The van der Waals surface area contributed by atoms with Gasteiger partial charge in [-0.1, -0.05) is 25.4 Å². The van der Waals surface area contributed by atoms with Crippen LogP contribution < -0.4 is 11.1 Å². The Morgan fingerprint density at radius 2 is 2.11 bits per heavy atom. The van der Waals surface area contributed by atoms with Gasteiger partial charge in [-0.3, -0.25) is 4.79 Å². The van der Waals surface area contributed by atoms with Crippen molar-refractivity contribution in [2.45, 2.75) is 32.7 Å². The van der Waals surface area contributed by atoms with Gasteiger partial charge >= 0.3 is 0 Å². The number of hydrogen-bond donors (Lipinski definition) is 2. The van der Waals surface area contributed by atoms with Crippen LogP contribution in [0, 0.1) is 11.8 Å². The van der Waals surface area contributed by atoms with Gasteiger partial charge in [0.05, 0.1) is 10.7 Å². The van der Waals surface area contributed by atoms with Crippen molar-refractivity contribution < 1.29 is 4.79 Å². The number of hydrogen-bond acceptors (Lipinski definition) is 2. The lowest BCUT2D eigenvalue weighted by molar-refractivity contribution is 0.100. The summed E-state index contributed by atoms with van der Waals surface area (Å²) >= 11 is 6.11. The van der Waals surface area contributed by atoms with E-state index in [9.17, 15) is 4.79 Å². The zero-order chi connectivity index (χ0) is 13.3. The molecule has 0 radical (unpaired) electrons. The van der Waals surface area contributed by atoms with Gasteiger partial charge in [0.25, 0.3) is 0 Å². The predicted octanol–water partition coefficient (Wildman–Crippen LogP) is 3.29. The van der Waals surface area contributed by atoms with Gasteiger partial charge in [-0.2, -0.15) is 0 Å². The van der Waals surface area contributed by atoms with E-state index in [2.05, 4.69) is 19.2 Å². The Morgan fingerprint density at radius 1 is 1.44 bits per heavy atom. The normalized spacial score (nSPS) is 22.7. The van der Waals surface area contributed by atoms with Gasteiger partial charge in [0.15, 0.2) is 0 Å². The van der Waals surface area contributed by atoms with E-state index in [4.69, 9.17) is 17.3 Å². The number of carbonyl (C=O) groups excluding carboxylic acids is 1. The molecular formula is C14H19ClN2O. The number of nitrogens with one attached hydrogen (secondary N) is 1. The van der Waals surface area contributed by atoms with Crippen molar-refractivity contribution in [3.05, 3.63) is 28.8 Å². The summed E-state index contributed by atoms with van der Waals surface area (Å²) in [6.45, 7) is 4.50. The Kier molecular flexibility index (Phi) is 3.81. The first-order chi connectivity index (χ1) is 8.47. The predicted molar refractivity (Wildman–Crippen MR) is 74.9 cm³/mol. The third-order valence-corrected chi connectivity index (χ3v) is 4.06. The summed E-state index contributed by atoms with van der Waals surface area (Å²) in [5.74, 6) is 1.10. The summed E-state index contributed by atoms with van der Waals surface area (Å²) in [4.78, 5) is 11.1. The van der Waals surface area contributed by atoms with Crippen molar-refractivity contribution in [3.63, 3.8) is 0 Å². The van der Waals surface area contributed by atoms with E-state index in [1.54, 1.807) is 18.2 Å². The summed E-state index contributed by atoms with van der Waals surface area (Å²) in [6.07, 6.45) is 2.32.